The van der Waals surface area contributed by atoms with Gasteiger partial charge in [-0.15, -0.1) is 0 Å². The van der Waals surface area contributed by atoms with Crippen LogP contribution >= 0.6 is 0 Å². The highest BCUT2D eigenvalue weighted by atomic mass is 19.4. The van der Waals surface area contributed by atoms with Crippen molar-refractivity contribution in [3.8, 4) is 0 Å². The predicted octanol–water partition coefficient (Wildman–Crippen LogP) is 3.47. The Morgan fingerprint density at radius 1 is 1.33 bits per heavy atom. The Labute approximate surface area is 121 Å². The van der Waals surface area contributed by atoms with E-state index >= 15 is 0 Å². The summed E-state index contributed by atoms with van der Waals surface area (Å²) in [5.74, 6) is -0.404. The summed E-state index contributed by atoms with van der Waals surface area (Å²) in [7, 11) is 0. The van der Waals surface area contributed by atoms with E-state index in [9.17, 15) is 18.0 Å². The first-order chi connectivity index (χ1) is 9.89. The molecule has 1 saturated heterocycles. The van der Waals surface area contributed by atoms with Gasteiger partial charge in [-0.3, -0.25) is 4.79 Å². The molecule has 1 aliphatic heterocycles. The number of rotatable bonds is 4. The van der Waals surface area contributed by atoms with Gasteiger partial charge in [0.15, 0.2) is 5.78 Å². The molecule has 0 radical (unpaired) electrons. The number of ether oxygens (including phenoxy) is 2. The van der Waals surface area contributed by atoms with Crippen molar-refractivity contribution in [2.45, 2.75) is 31.5 Å². The van der Waals surface area contributed by atoms with Crippen molar-refractivity contribution >= 4 is 5.78 Å². The van der Waals surface area contributed by atoms with Gasteiger partial charge in [0, 0.05) is 38.2 Å². The molecule has 0 amide bonds. The van der Waals surface area contributed by atoms with Gasteiger partial charge in [-0.2, -0.15) is 13.2 Å². The molecule has 116 valence electrons. The molecule has 0 N–H and O–H groups in total. The van der Waals surface area contributed by atoms with Gasteiger partial charge in [0.1, 0.15) is 5.60 Å². The fraction of sp³-hybridized carbons (Fsp3) is 0.533. The van der Waals surface area contributed by atoms with Crippen molar-refractivity contribution in [1.29, 1.82) is 0 Å². The highest BCUT2D eigenvalue weighted by Crippen LogP contribution is 2.33. The van der Waals surface area contributed by atoms with E-state index in [1.165, 1.54) is 12.1 Å². The number of ketones is 1. The number of alkyl halides is 3. The lowest BCUT2D eigenvalue weighted by Gasteiger charge is -2.35. The van der Waals surface area contributed by atoms with Crippen molar-refractivity contribution in [3.05, 3.63) is 35.4 Å². The molecule has 0 bridgehead atoms. The summed E-state index contributed by atoms with van der Waals surface area (Å²) in [6, 6.07) is 4.48. The van der Waals surface area contributed by atoms with Gasteiger partial charge < -0.3 is 9.47 Å². The number of hydrogen-bond acceptors (Lipinski definition) is 3. The molecule has 1 aliphatic rings. The van der Waals surface area contributed by atoms with E-state index in [-0.39, 0.29) is 5.56 Å². The molecule has 1 heterocycles. The molecule has 2 rings (SSSR count). The molecule has 3 nitrogen and oxygen atoms in total. The molecule has 6 heteroatoms. The Bertz CT molecular complexity index is 500. The average molecular weight is 302 g/mol. The summed E-state index contributed by atoms with van der Waals surface area (Å²) in [5, 5.41) is 0. The van der Waals surface area contributed by atoms with Crippen molar-refractivity contribution in [1.82, 2.24) is 0 Å². The van der Waals surface area contributed by atoms with Gasteiger partial charge in [-0.05, 0) is 19.1 Å². The highest BCUT2D eigenvalue weighted by molar-refractivity contribution is 6.02. The summed E-state index contributed by atoms with van der Waals surface area (Å²) in [5.41, 5.74) is -1.87. The van der Waals surface area contributed by atoms with Crippen molar-refractivity contribution in [2.24, 2.45) is 0 Å². The maximum atomic E-state index is 12.8. The number of halogens is 3. The first-order valence-electron chi connectivity index (χ1n) is 6.83. The quantitative estimate of drug-likeness (QED) is 0.799. The lowest BCUT2D eigenvalue weighted by atomic mass is 9.85. The minimum absolute atomic E-state index is 0.0279. The highest BCUT2D eigenvalue weighted by Gasteiger charge is 2.42. The second kappa shape index (κ2) is 6.15. The first-order valence-corrected chi connectivity index (χ1v) is 6.83. The van der Waals surface area contributed by atoms with Crippen LogP contribution in [0.15, 0.2) is 24.3 Å². The van der Waals surface area contributed by atoms with Crippen LogP contribution in [0.5, 0.6) is 0 Å². The first kappa shape index (κ1) is 16.0. The monoisotopic (exact) mass is 302 g/mol. The van der Waals surface area contributed by atoms with Crippen LogP contribution in [0.1, 0.15) is 35.7 Å². The zero-order valence-electron chi connectivity index (χ0n) is 11.7. The molecule has 0 unspecified atom stereocenters. The second-order valence-electron chi connectivity index (χ2n) is 4.95. The molecular weight excluding hydrogens is 285 g/mol. The van der Waals surface area contributed by atoms with Gasteiger partial charge in [0.25, 0.3) is 0 Å². The third-order valence-corrected chi connectivity index (χ3v) is 3.59. The van der Waals surface area contributed by atoms with Gasteiger partial charge in [0.2, 0.25) is 0 Å². The molecule has 0 aromatic heterocycles. The largest absolute Gasteiger partial charge is 0.416 e. The Balaban J connectivity index is 2.33. The van der Waals surface area contributed by atoms with Crippen LogP contribution in [0.3, 0.4) is 0 Å². The molecule has 1 aromatic carbocycles. The van der Waals surface area contributed by atoms with E-state index in [4.69, 9.17) is 9.47 Å². The standard InChI is InChI=1S/C15H17F3O3/c1-2-21-14(6-8-20-9-7-14)13(19)11-4-3-5-12(10-11)15(16,17)18/h3-5,10H,2,6-9H2,1H3. The minimum atomic E-state index is -4.47. The lowest BCUT2D eigenvalue weighted by molar-refractivity contribution is -0.137. The maximum Gasteiger partial charge on any atom is 0.416 e. The second-order valence-corrected chi connectivity index (χ2v) is 4.95. The Morgan fingerprint density at radius 3 is 2.57 bits per heavy atom. The molecule has 0 spiro atoms. The summed E-state index contributed by atoms with van der Waals surface area (Å²) >= 11 is 0. The fourth-order valence-corrected chi connectivity index (χ4v) is 2.51. The van der Waals surface area contributed by atoms with Crippen molar-refractivity contribution < 1.29 is 27.4 Å². The van der Waals surface area contributed by atoms with E-state index in [0.29, 0.717) is 32.7 Å². The number of benzene rings is 1. The summed E-state index contributed by atoms with van der Waals surface area (Å²) in [4.78, 5) is 12.6. The Hall–Kier alpha value is -1.40. The van der Waals surface area contributed by atoms with E-state index in [1.807, 2.05) is 0 Å². The fourth-order valence-electron chi connectivity index (χ4n) is 2.51. The number of Topliss-reactive ketones (excluding diaryl/α,β-unsaturated/α-hetero) is 1. The number of carbonyl (C=O) groups excluding carboxylic acids is 1. The maximum absolute atomic E-state index is 12.8. The van der Waals surface area contributed by atoms with E-state index in [0.717, 1.165) is 12.1 Å². The number of hydrogen-bond donors (Lipinski definition) is 0. The molecule has 0 saturated carbocycles. The zero-order chi connectivity index (χ0) is 15.5. The summed E-state index contributed by atoms with van der Waals surface area (Å²) < 4.78 is 49.1. The molecule has 21 heavy (non-hydrogen) atoms. The number of carbonyl (C=O) groups is 1. The van der Waals surface area contributed by atoms with Crippen LogP contribution in [-0.4, -0.2) is 31.2 Å². The Morgan fingerprint density at radius 2 is 2.00 bits per heavy atom. The normalized spacial score (nSPS) is 18.5. The van der Waals surface area contributed by atoms with Crippen molar-refractivity contribution in [2.75, 3.05) is 19.8 Å². The van der Waals surface area contributed by atoms with Crippen LogP contribution in [-0.2, 0) is 15.7 Å². The van der Waals surface area contributed by atoms with Crippen LogP contribution in [0.4, 0.5) is 13.2 Å². The van der Waals surface area contributed by atoms with Gasteiger partial charge >= 0.3 is 6.18 Å². The third-order valence-electron chi connectivity index (χ3n) is 3.59. The van der Waals surface area contributed by atoms with E-state index < -0.39 is 23.1 Å². The van der Waals surface area contributed by atoms with Crippen LogP contribution < -0.4 is 0 Å². The van der Waals surface area contributed by atoms with Gasteiger partial charge in [0.05, 0.1) is 5.56 Å². The topological polar surface area (TPSA) is 35.5 Å². The van der Waals surface area contributed by atoms with Crippen LogP contribution in [0, 0.1) is 0 Å². The molecule has 0 aliphatic carbocycles. The van der Waals surface area contributed by atoms with E-state index in [1.54, 1.807) is 6.92 Å². The molecular formula is C15H17F3O3. The summed E-state index contributed by atoms with van der Waals surface area (Å²) in [6.45, 7) is 2.82. The SMILES string of the molecule is CCOC1(C(=O)c2cccc(C(F)(F)F)c2)CCOCC1. The third kappa shape index (κ3) is 3.44. The van der Waals surface area contributed by atoms with E-state index in [2.05, 4.69) is 0 Å². The summed E-state index contributed by atoms with van der Waals surface area (Å²) in [6.07, 6.45) is -3.75. The minimum Gasteiger partial charge on any atom is -0.381 e. The smallest absolute Gasteiger partial charge is 0.381 e. The predicted molar refractivity (Wildman–Crippen MR) is 70.2 cm³/mol. The van der Waals surface area contributed by atoms with Gasteiger partial charge in [-0.1, -0.05) is 12.1 Å². The van der Waals surface area contributed by atoms with Crippen LogP contribution in [0.2, 0.25) is 0 Å². The zero-order valence-corrected chi connectivity index (χ0v) is 11.7. The molecule has 1 aromatic rings. The molecule has 0 atom stereocenters. The van der Waals surface area contributed by atoms with Crippen LogP contribution in [0.25, 0.3) is 0 Å². The Kier molecular flexibility index (Phi) is 4.68. The van der Waals surface area contributed by atoms with Crippen molar-refractivity contribution in [3.63, 3.8) is 0 Å². The van der Waals surface area contributed by atoms with Gasteiger partial charge in [-0.25, -0.2) is 0 Å². The lowest BCUT2D eigenvalue weighted by Crippen LogP contribution is -2.46. The average Bonchev–Trinajstić information content (AvgIpc) is 2.47. The molecule has 1 fully saturated rings.